The number of ether oxygens (including phenoxy) is 3. The molecule has 2 aliphatic heterocycles. The Morgan fingerprint density at radius 3 is 2.78 bits per heavy atom. The van der Waals surface area contributed by atoms with E-state index in [4.69, 9.17) is 18.6 Å². The maximum atomic E-state index is 11.7. The second kappa shape index (κ2) is 6.03. The van der Waals surface area contributed by atoms with Crippen LogP contribution in [0.25, 0.3) is 11.0 Å². The van der Waals surface area contributed by atoms with Crippen molar-refractivity contribution in [1.29, 1.82) is 0 Å². The summed E-state index contributed by atoms with van der Waals surface area (Å²) in [7, 11) is 0. The summed E-state index contributed by atoms with van der Waals surface area (Å²) in [5.41, 5.74) is 4.33. The smallest absolute Gasteiger partial charge is 0.336 e. The molecule has 0 spiro atoms. The largest absolute Gasteiger partial charge is 0.477 e. The van der Waals surface area contributed by atoms with Gasteiger partial charge < -0.3 is 18.6 Å². The lowest BCUT2D eigenvalue weighted by Gasteiger charge is -2.30. The number of hydrogen-bond donors (Lipinski definition) is 0. The SMILES string of the molecule is Cc1cc(=O)oc2c(C)c3c(cc12)CN(Cc1ccc2c(c1)OCO2)CO3. The van der Waals surface area contributed by atoms with Gasteiger partial charge in [-0.1, -0.05) is 6.07 Å². The van der Waals surface area contributed by atoms with Gasteiger partial charge in [-0.25, -0.2) is 4.79 Å². The standard InChI is InChI=1S/C21H19NO5/c1-12-5-19(23)27-21-13(2)20-15(7-16(12)21)9-22(10-24-20)8-14-3-4-17-18(6-14)26-11-25-17/h3-7H,8-11H2,1-2H3. The Kier molecular flexibility index (Phi) is 3.62. The summed E-state index contributed by atoms with van der Waals surface area (Å²) in [6.45, 7) is 6.13. The second-order valence-electron chi connectivity index (χ2n) is 7.06. The Balaban J connectivity index is 1.46. The minimum absolute atomic E-state index is 0.279. The molecular formula is C21H19NO5. The molecule has 27 heavy (non-hydrogen) atoms. The molecule has 0 atom stereocenters. The molecule has 6 nitrogen and oxygen atoms in total. The summed E-state index contributed by atoms with van der Waals surface area (Å²) in [6.07, 6.45) is 0. The molecule has 0 fully saturated rings. The molecule has 2 aromatic carbocycles. The molecule has 0 saturated heterocycles. The van der Waals surface area contributed by atoms with Crippen molar-refractivity contribution >= 4 is 11.0 Å². The molecule has 1 aromatic heterocycles. The molecule has 3 aromatic rings. The van der Waals surface area contributed by atoms with Crippen molar-refractivity contribution in [3.05, 3.63) is 63.0 Å². The van der Waals surface area contributed by atoms with Crippen molar-refractivity contribution in [2.45, 2.75) is 26.9 Å². The van der Waals surface area contributed by atoms with Crippen LogP contribution in [0.15, 0.2) is 39.5 Å². The van der Waals surface area contributed by atoms with Gasteiger partial charge in [0.15, 0.2) is 11.5 Å². The second-order valence-corrected chi connectivity index (χ2v) is 7.06. The number of hydrogen-bond acceptors (Lipinski definition) is 6. The Morgan fingerprint density at radius 2 is 1.89 bits per heavy atom. The Labute approximate surface area is 155 Å². The van der Waals surface area contributed by atoms with Crippen LogP contribution >= 0.6 is 0 Å². The molecule has 0 amide bonds. The van der Waals surface area contributed by atoms with Crippen molar-refractivity contribution in [3.63, 3.8) is 0 Å². The van der Waals surface area contributed by atoms with Crippen molar-refractivity contribution in [2.24, 2.45) is 0 Å². The highest BCUT2D eigenvalue weighted by Crippen LogP contribution is 2.37. The van der Waals surface area contributed by atoms with Gasteiger partial charge in [0.05, 0.1) is 0 Å². The molecule has 5 rings (SSSR count). The quantitative estimate of drug-likeness (QED) is 0.648. The van der Waals surface area contributed by atoms with Crippen LogP contribution in [-0.4, -0.2) is 18.4 Å². The van der Waals surface area contributed by atoms with Crippen LogP contribution in [0.3, 0.4) is 0 Å². The van der Waals surface area contributed by atoms with Crippen LogP contribution in [-0.2, 0) is 13.1 Å². The summed E-state index contributed by atoms with van der Waals surface area (Å²) in [4.78, 5) is 13.9. The molecular weight excluding hydrogens is 346 g/mol. The van der Waals surface area contributed by atoms with Crippen LogP contribution in [0.4, 0.5) is 0 Å². The van der Waals surface area contributed by atoms with Gasteiger partial charge in [-0.3, -0.25) is 4.90 Å². The average molecular weight is 365 g/mol. The van der Waals surface area contributed by atoms with E-state index < -0.39 is 0 Å². The summed E-state index contributed by atoms with van der Waals surface area (Å²) in [6, 6.07) is 9.61. The van der Waals surface area contributed by atoms with E-state index in [0.717, 1.165) is 58.0 Å². The molecule has 0 radical (unpaired) electrons. The van der Waals surface area contributed by atoms with Crippen LogP contribution in [0.5, 0.6) is 17.2 Å². The van der Waals surface area contributed by atoms with E-state index in [0.29, 0.717) is 12.3 Å². The monoisotopic (exact) mass is 365 g/mol. The van der Waals surface area contributed by atoms with Crippen LogP contribution in [0.1, 0.15) is 22.3 Å². The van der Waals surface area contributed by atoms with Gasteiger partial charge in [0.1, 0.15) is 18.1 Å². The Hall–Kier alpha value is -2.99. The van der Waals surface area contributed by atoms with Crippen LogP contribution in [0.2, 0.25) is 0 Å². The molecule has 3 heterocycles. The highest BCUT2D eigenvalue weighted by Gasteiger charge is 2.23. The zero-order valence-electron chi connectivity index (χ0n) is 15.2. The van der Waals surface area contributed by atoms with E-state index in [9.17, 15) is 4.79 Å². The van der Waals surface area contributed by atoms with E-state index in [1.807, 2.05) is 32.0 Å². The van der Waals surface area contributed by atoms with Crippen molar-refractivity contribution < 1.29 is 18.6 Å². The number of rotatable bonds is 2. The predicted octanol–water partition coefficient (Wildman–Crippen LogP) is 3.49. The maximum absolute atomic E-state index is 11.7. The lowest BCUT2D eigenvalue weighted by Crippen LogP contribution is -2.32. The van der Waals surface area contributed by atoms with Crippen molar-refractivity contribution in [3.8, 4) is 17.2 Å². The molecule has 0 aliphatic carbocycles. The van der Waals surface area contributed by atoms with Gasteiger partial charge in [-0.05, 0) is 43.2 Å². The third kappa shape index (κ3) is 2.73. The fraction of sp³-hybridized carbons (Fsp3) is 0.286. The first-order valence-electron chi connectivity index (χ1n) is 8.89. The van der Waals surface area contributed by atoms with Gasteiger partial charge >= 0.3 is 5.63 Å². The van der Waals surface area contributed by atoms with Gasteiger partial charge in [0, 0.05) is 35.7 Å². The zero-order chi connectivity index (χ0) is 18.5. The number of aryl methyl sites for hydroxylation is 2. The van der Waals surface area contributed by atoms with E-state index in [1.165, 1.54) is 6.07 Å². The molecule has 2 aliphatic rings. The molecule has 6 heteroatoms. The maximum Gasteiger partial charge on any atom is 0.336 e. The molecule has 0 saturated carbocycles. The normalized spacial score (nSPS) is 15.6. The van der Waals surface area contributed by atoms with Crippen LogP contribution in [0, 0.1) is 13.8 Å². The van der Waals surface area contributed by atoms with Crippen LogP contribution < -0.4 is 19.8 Å². The highest BCUT2D eigenvalue weighted by molar-refractivity contribution is 5.86. The van der Waals surface area contributed by atoms with E-state index >= 15 is 0 Å². The lowest BCUT2D eigenvalue weighted by atomic mass is 10.0. The number of nitrogens with zero attached hydrogens (tertiary/aromatic N) is 1. The van der Waals surface area contributed by atoms with E-state index in [2.05, 4.69) is 11.0 Å². The molecule has 0 unspecified atom stereocenters. The third-order valence-corrected chi connectivity index (χ3v) is 5.13. The first kappa shape index (κ1) is 16.2. The van der Waals surface area contributed by atoms with Gasteiger partial charge in [-0.2, -0.15) is 0 Å². The predicted molar refractivity (Wildman–Crippen MR) is 99.3 cm³/mol. The van der Waals surface area contributed by atoms with E-state index in [-0.39, 0.29) is 12.4 Å². The van der Waals surface area contributed by atoms with E-state index in [1.54, 1.807) is 0 Å². The first-order chi connectivity index (χ1) is 13.1. The third-order valence-electron chi connectivity index (χ3n) is 5.13. The Bertz CT molecular complexity index is 1120. The minimum atomic E-state index is -0.330. The van der Waals surface area contributed by atoms with Gasteiger partial charge in [0.2, 0.25) is 6.79 Å². The van der Waals surface area contributed by atoms with Gasteiger partial charge in [0.25, 0.3) is 0 Å². The number of fused-ring (bicyclic) bond motifs is 3. The van der Waals surface area contributed by atoms with Gasteiger partial charge in [-0.15, -0.1) is 0 Å². The van der Waals surface area contributed by atoms with Crippen molar-refractivity contribution in [2.75, 3.05) is 13.5 Å². The summed E-state index contributed by atoms with van der Waals surface area (Å²) in [5, 5.41) is 0.958. The molecule has 138 valence electrons. The minimum Gasteiger partial charge on any atom is -0.477 e. The zero-order valence-corrected chi connectivity index (χ0v) is 15.2. The number of benzene rings is 2. The van der Waals surface area contributed by atoms with Crippen molar-refractivity contribution in [1.82, 2.24) is 4.90 Å². The molecule has 0 N–H and O–H groups in total. The summed E-state index contributed by atoms with van der Waals surface area (Å²) >= 11 is 0. The fourth-order valence-electron chi connectivity index (χ4n) is 3.82. The summed E-state index contributed by atoms with van der Waals surface area (Å²) < 4.78 is 22.3. The summed E-state index contributed by atoms with van der Waals surface area (Å²) in [5.74, 6) is 2.40. The lowest BCUT2D eigenvalue weighted by molar-refractivity contribution is 0.0880. The highest BCUT2D eigenvalue weighted by atomic mass is 16.7. The fourth-order valence-corrected chi connectivity index (χ4v) is 3.82. The topological polar surface area (TPSA) is 61.1 Å². The first-order valence-corrected chi connectivity index (χ1v) is 8.89. The Morgan fingerprint density at radius 1 is 1.04 bits per heavy atom. The average Bonchev–Trinajstić information content (AvgIpc) is 3.11. The molecule has 0 bridgehead atoms.